The summed E-state index contributed by atoms with van der Waals surface area (Å²) in [6.07, 6.45) is 1.13. The lowest BCUT2D eigenvalue weighted by atomic mass is 10.2. The van der Waals surface area contributed by atoms with Gasteiger partial charge in [-0.15, -0.1) is 0 Å². The molecule has 2 aromatic carbocycles. The van der Waals surface area contributed by atoms with Crippen molar-refractivity contribution in [3.8, 4) is 6.07 Å². The zero-order valence-corrected chi connectivity index (χ0v) is 14.9. The molecule has 0 N–H and O–H groups in total. The third-order valence-electron chi connectivity index (χ3n) is 3.73. The number of nitriles is 1. The second-order valence-corrected chi connectivity index (χ2v) is 7.44. The fraction of sp³-hybridized carbons (Fsp3) is 0.222. The van der Waals surface area contributed by atoms with Gasteiger partial charge in [-0.05, 0) is 36.4 Å². The number of nitrogens with zero attached hydrogens (tertiary/aromatic N) is 3. The van der Waals surface area contributed by atoms with Crippen molar-refractivity contribution in [2.24, 2.45) is 0 Å². The van der Waals surface area contributed by atoms with Crippen molar-refractivity contribution in [2.75, 3.05) is 29.1 Å². The third-order valence-corrected chi connectivity index (χ3v) is 4.93. The first-order valence-corrected chi connectivity index (χ1v) is 9.47. The Morgan fingerprint density at radius 3 is 2.16 bits per heavy atom. The molecule has 0 aromatic heterocycles. The highest BCUT2D eigenvalue weighted by molar-refractivity contribution is 7.92. The van der Waals surface area contributed by atoms with Gasteiger partial charge in [0.1, 0.15) is 0 Å². The fourth-order valence-corrected chi connectivity index (χ4v) is 3.28. The number of sulfonamides is 1. The second kappa shape index (κ2) is 7.81. The lowest BCUT2D eigenvalue weighted by molar-refractivity contribution is -0.118. The van der Waals surface area contributed by atoms with Crippen molar-refractivity contribution >= 4 is 27.3 Å². The molecule has 25 heavy (non-hydrogen) atoms. The maximum absolute atomic E-state index is 12.4. The highest BCUT2D eigenvalue weighted by Crippen LogP contribution is 2.19. The van der Waals surface area contributed by atoms with Crippen LogP contribution in [0.5, 0.6) is 0 Å². The van der Waals surface area contributed by atoms with Gasteiger partial charge < -0.3 is 4.90 Å². The number of rotatable bonds is 6. The van der Waals surface area contributed by atoms with Crippen LogP contribution in [0.2, 0.25) is 0 Å². The Morgan fingerprint density at radius 1 is 1.04 bits per heavy atom. The molecule has 0 unspecified atom stereocenters. The van der Waals surface area contributed by atoms with Crippen LogP contribution >= 0.6 is 0 Å². The van der Waals surface area contributed by atoms with Gasteiger partial charge >= 0.3 is 0 Å². The number of para-hydroxylation sites is 1. The molecule has 2 rings (SSSR count). The molecule has 7 heteroatoms. The van der Waals surface area contributed by atoms with Gasteiger partial charge in [-0.1, -0.05) is 18.2 Å². The molecule has 0 bridgehead atoms. The highest BCUT2D eigenvalue weighted by atomic mass is 32.2. The van der Waals surface area contributed by atoms with E-state index >= 15 is 0 Å². The Kier molecular flexibility index (Phi) is 5.78. The van der Waals surface area contributed by atoms with Crippen molar-refractivity contribution in [1.82, 2.24) is 0 Å². The summed E-state index contributed by atoms with van der Waals surface area (Å²) >= 11 is 0. The molecule has 0 aliphatic carbocycles. The Hall–Kier alpha value is -2.85. The predicted octanol–water partition coefficient (Wildman–Crippen LogP) is 2.38. The second-order valence-electron chi connectivity index (χ2n) is 5.53. The number of carbonyl (C=O) groups is 1. The highest BCUT2D eigenvalue weighted by Gasteiger charge is 2.20. The summed E-state index contributed by atoms with van der Waals surface area (Å²) in [6, 6.07) is 17.3. The molecule has 0 saturated heterocycles. The molecule has 0 radical (unpaired) electrons. The zero-order valence-electron chi connectivity index (χ0n) is 14.1. The lowest BCUT2D eigenvalue weighted by Crippen LogP contribution is -2.35. The van der Waals surface area contributed by atoms with Gasteiger partial charge in [0.15, 0.2) is 0 Å². The first-order valence-electron chi connectivity index (χ1n) is 7.62. The monoisotopic (exact) mass is 357 g/mol. The van der Waals surface area contributed by atoms with Crippen molar-refractivity contribution in [2.45, 2.75) is 6.42 Å². The van der Waals surface area contributed by atoms with E-state index in [1.165, 1.54) is 9.21 Å². The quantitative estimate of drug-likeness (QED) is 0.795. The Morgan fingerprint density at radius 2 is 1.64 bits per heavy atom. The maximum Gasteiger partial charge on any atom is 0.232 e. The third kappa shape index (κ3) is 4.81. The summed E-state index contributed by atoms with van der Waals surface area (Å²) in [4.78, 5) is 13.9. The normalized spacial score (nSPS) is 10.8. The Bertz CT molecular complexity index is 872. The standard InChI is InChI=1S/C18H19N3O3S/c1-20(16-6-4-3-5-7-16)18(22)12-13-21(25(2,23)24)17-10-8-15(14-19)9-11-17/h3-11H,12-13H2,1-2H3. The first-order chi connectivity index (χ1) is 11.8. The molecular formula is C18H19N3O3S. The molecule has 130 valence electrons. The van der Waals surface area contributed by atoms with Crippen molar-refractivity contribution in [1.29, 1.82) is 5.26 Å². The average Bonchev–Trinajstić information content (AvgIpc) is 2.61. The van der Waals surface area contributed by atoms with Gasteiger partial charge in [0, 0.05) is 25.7 Å². The molecule has 0 aliphatic heterocycles. The van der Waals surface area contributed by atoms with Crippen LogP contribution in [-0.4, -0.2) is 34.2 Å². The number of amides is 1. The summed E-state index contributed by atoms with van der Waals surface area (Å²) in [5.41, 5.74) is 1.62. The predicted molar refractivity (Wildman–Crippen MR) is 97.8 cm³/mol. The van der Waals surface area contributed by atoms with E-state index in [4.69, 9.17) is 5.26 Å². The number of hydrogen-bond donors (Lipinski definition) is 0. The number of carbonyl (C=O) groups excluding carboxylic acids is 1. The minimum atomic E-state index is -3.54. The van der Waals surface area contributed by atoms with Gasteiger partial charge in [0.05, 0.1) is 23.6 Å². The first kappa shape index (κ1) is 18.5. The van der Waals surface area contributed by atoms with Crippen LogP contribution in [0, 0.1) is 11.3 Å². The van der Waals surface area contributed by atoms with E-state index in [0.29, 0.717) is 11.3 Å². The molecule has 0 saturated carbocycles. The Balaban J connectivity index is 2.13. The lowest BCUT2D eigenvalue weighted by Gasteiger charge is -2.24. The average molecular weight is 357 g/mol. The SMILES string of the molecule is CN(C(=O)CCN(c1ccc(C#N)cc1)S(C)(=O)=O)c1ccccc1. The largest absolute Gasteiger partial charge is 0.315 e. The molecule has 2 aromatic rings. The maximum atomic E-state index is 12.4. The van der Waals surface area contributed by atoms with Crippen LogP contribution in [0.4, 0.5) is 11.4 Å². The smallest absolute Gasteiger partial charge is 0.232 e. The summed E-state index contributed by atoms with van der Waals surface area (Å²) in [6.45, 7) is 0.0285. The molecule has 0 atom stereocenters. The van der Waals surface area contributed by atoms with E-state index in [-0.39, 0.29) is 18.9 Å². The zero-order chi connectivity index (χ0) is 18.4. The van der Waals surface area contributed by atoms with E-state index in [1.807, 2.05) is 36.4 Å². The molecule has 0 fully saturated rings. The van der Waals surface area contributed by atoms with Gasteiger partial charge in [0.2, 0.25) is 15.9 Å². The molecule has 0 heterocycles. The van der Waals surface area contributed by atoms with E-state index in [0.717, 1.165) is 11.9 Å². The number of benzene rings is 2. The van der Waals surface area contributed by atoms with Crippen LogP contribution in [0.3, 0.4) is 0 Å². The van der Waals surface area contributed by atoms with Gasteiger partial charge in [-0.2, -0.15) is 5.26 Å². The van der Waals surface area contributed by atoms with Crippen LogP contribution in [-0.2, 0) is 14.8 Å². The number of hydrogen-bond acceptors (Lipinski definition) is 4. The van der Waals surface area contributed by atoms with Crippen molar-refractivity contribution < 1.29 is 13.2 Å². The van der Waals surface area contributed by atoms with Crippen LogP contribution < -0.4 is 9.21 Å². The van der Waals surface area contributed by atoms with Crippen molar-refractivity contribution in [3.05, 3.63) is 60.2 Å². The van der Waals surface area contributed by atoms with Gasteiger partial charge in [-0.25, -0.2) is 8.42 Å². The van der Waals surface area contributed by atoms with E-state index in [2.05, 4.69) is 0 Å². The minimum Gasteiger partial charge on any atom is -0.315 e. The van der Waals surface area contributed by atoms with Crippen molar-refractivity contribution in [3.63, 3.8) is 0 Å². The molecule has 0 aliphatic rings. The molecule has 0 spiro atoms. The fourth-order valence-electron chi connectivity index (χ4n) is 2.35. The number of anilines is 2. The Labute approximate surface area is 148 Å². The van der Waals surface area contributed by atoms with Gasteiger partial charge in [0.25, 0.3) is 0 Å². The molecule has 6 nitrogen and oxygen atoms in total. The van der Waals surface area contributed by atoms with E-state index in [1.54, 1.807) is 31.3 Å². The van der Waals surface area contributed by atoms with E-state index < -0.39 is 10.0 Å². The molecular weight excluding hydrogens is 338 g/mol. The topological polar surface area (TPSA) is 81.5 Å². The van der Waals surface area contributed by atoms with Crippen LogP contribution in [0.25, 0.3) is 0 Å². The molecule has 1 amide bonds. The summed E-state index contributed by atoms with van der Waals surface area (Å²) in [5.74, 6) is -0.187. The summed E-state index contributed by atoms with van der Waals surface area (Å²) < 4.78 is 25.3. The summed E-state index contributed by atoms with van der Waals surface area (Å²) in [7, 11) is -1.89. The van der Waals surface area contributed by atoms with Crippen LogP contribution in [0.15, 0.2) is 54.6 Å². The van der Waals surface area contributed by atoms with E-state index in [9.17, 15) is 13.2 Å². The van der Waals surface area contributed by atoms with Crippen LogP contribution in [0.1, 0.15) is 12.0 Å². The van der Waals surface area contributed by atoms with Gasteiger partial charge in [-0.3, -0.25) is 9.10 Å². The summed E-state index contributed by atoms with van der Waals surface area (Å²) in [5, 5.41) is 8.84. The minimum absolute atomic E-state index is 0.0285.